The maximum Gasteiger partial charge on any atom is 0.250 e. The Morgan fingerprint density at radius 1 is 1.04 bits per heavy atom. The largest absolute Gasteiger partial charge is 0.378 e. The van der Waals surface area contributed by atoms with Gasteiger partial charge in [-0.3, -0.25) is 0 Å². The highest BCUT2D eigenvalue weighted by molar-refractivity contribution is 7.91. The first kappa shape index (κ1) is 16.1. The summed E-state index contributed by atoms with van der Waals surface area (Å²) in [5.41, 5.74) is 2.23. The molecule has 5 nitrogen and oxygen atoms in total. The maximum absolute atomic E-state index is 12.3. The average molecular weight is 364 g/mol. The van der Waals surface area contributed by atoms with Crippen molar-refractivity contribution in [3.63, 3.8) is 0 Å². The molecule has 0 spiro atoms. The van der Waals surface area contributed by atoms with E-state index in [0.717, 1.165) is 49.6 Å². The quantitative estimate of drug-likeness (QED) is 0.886. The summed E-state index contributed by atoms with van der Waals surface area (Å²) in [6, 6.07) is 12.0. The van der Waals surface area contributed by atoms with Gasteiger partial charge in [0.05, 0.1) is 13.2 Å². The Kier molecular flexibility index (Phi) is 4.34. The second-order valence-electron chi connectivity index (χ2n) is 6.16. The molecule has 24 heavy (non-hydrogen) atoms. The molecule has 4 rings (SSSR count). The number of benzene rings is 1. The SMILES string of the molecule is O=S(=O)(NC1CC1)c1ccc(-c2ccc(N3CCOCC3)cc2)s1. The Morgan fingerprint density at radius 3 is 2.42 bits per heavy atom. The van der Waals surface area contributed by atoms with Crippen molar-refractivity contribution >= 4 is 27.0 Å². The van der Waals surface area contributed by atoms with E-state index in [-0.39, 0.29) is 6.04 Å². The van der Waals surface area contributed by atoms with Crippen molar-refractivity contribution in [2.24, 2.45) is 0 Å². The highest BCUT2D eigenvalue weighted by atomic mass is 32.2. The van der Waals surface area contributed by atoms with Gasteiger partial charge in [0, 0.05) is 29.7 Å². The molecule has 0 radical (unpaired) electrons. The van der Waals surface area contributed by atoms with Crippen LogP contribution in [0.2, 0.25) is 0 Å². The van der Waals surface area contributed by atoms with Gasteiger partial charge in [-0.15, -0.1) is 11.3 Å². The number of nitrogens with one attached hydrogen (secondary N) is 1. The maximum atomic E-state index is 12.3. The molecule has 128 valence electrons. The molecule has 1 N–H and O–H groups in total. The average Bonchev–Trinajstić information content (AvgIpc) is 3.26. The van der Waals surface area contributed by atoms with Crippen LogP contribution >= 0.6 is 11.3 Å². The lowest BCUT2D eigenvalue weighted by Crippen LogP contribution is -2.36. The normalized spacial score (nSPS) is 18.8. The van der Waals surface area contributed by atoms with E-state index in [4.69, 9.17) is 4.74 Å². The summed E-state index contributed by atoms with van der Waals surface area (Å²) < 4.78 is 33.0. The summed E-state index contributed by atoms with van der Waals surface area (Å²) >= 11 is 1.32. The fourth-order valence-electron chi connectivity index (χ4n) is 2.76. The zero-order valence-corrected chi connectivity index (χ0v) is 14.9. The fraction of sp³-hybridized carbons (Fsp3) is 0.412. The van der Waals surface area contributed by atoms with Gasteiger partial charge in [-0.25, -0.2) is 13.1 Å². The Bertz CT molecular complexity index is 805. The molecule has 2 aromatic rings. The lowest BCUT2D eigenvalue weighted by molar-refractivity contribution is 0.122. The molecule has 1 aliphatic heterocycles. The van der Waals surface area contributed by atoms with Crippen LogP contribution in [0.5, 0.6) is 0 Å². The van der Waals surface area contributed by atoms with Crippen LogP contribution in [0.25, 0.3) is 10.4 Å². The smallest absolute Gasteiger partial charge is 0.250 e. The number of ether oxygens (including phenoxy) is 1. The number of sulfonamides is 1. The number of thiophene rings is 1. The van der Waals surface area contributed by atoms with Crippen LogP contribution in [0, 0.1) is 0 Å². The number of hydrogen-bond donors (Lipinski definition) is 1. The molecule has 0 atom stereocenters. The van der Waals surface area contributed by atoms with Gasteiger partial charge >= 0.3 is 0 Å². The van der Waals surface area contributed by atoms with E-state index in [1.165, 1.54) is 17.0 Å². The highest BCUT2D eigenvalue weighted by Gasteiger charge is 2.28. The van der Waals surface area contributed by atoms with Gasteiger partial charge in [0.15, 0.2) is 0 Å². The minimum atomic E-state index is -3.36. The highest BCUT2D eigenvalue weighted by Crippen LogP contribution is 2.33. The second-order valence-corrected chi connectivity index (χ2v) is 9.19. The summed E-state index contributed by atoms with van der Waals surface area (Å²) in [6.45, 7) is 3.35. The van der Waals surface area contributed by atoms with Gasteiger partial charge in [0.25, 0.3) is 0 Å². The molecular formula is C17H20N2O3S2. The van der Waals surface area contributed by atoms with Crippen LogP contribution in [0.3, 0.4) is 0 Å². The standard InChI is InChI=1S/C17H20N2O3S2/c20-24(21,18-14-3-4-14)17-8-7-16(23-17)13-1-5-15(6-2-13)19-9-11-22-12-10-19/h1-2,5-8,14,18H,3-4,9-12H2. The van der Waals surface area contributed by atoms with E-state index >= 15 is 0 Å². The van der Waals surface area contributed by atoms with Gasteiger partial charge in [-0.05, 0) is 42.7 Å². The van der Waals surface area contributed by atoms with E-state index in [1.807, 2.05) is 6.07 Å². The van der Waals surface area contributed by atoms with Crippen LogP contribution in [0.15, 0.2) is 40.6 Å². The molecule has 2 fully saturated rings. The van der Waals surface area contributed by atoms with Crippen LogP contribution in [0.4, 0.5) is 5.69 Å². The van der Waals surface area contributed by atoms with Gasteiger partial charge in [0.2, 0.25) is 10.0 Å². The number of nitrogens with zero attached hydrogens (tertiary/aromatic N) is 1. The van der Waals surface area contributed by atoms with E-state index in [0.29, 0.717) is 4.21 Å². The molecule has 1 aromatic carbocycles. The first-order chi connectivity index (χ1) is 11.6. The molecule has 0 bridgehead atoms. The van der Waals surface area contributed by atoms with Crippen molar-refractivity contribution in [1.82, 2.24) is 4.72 Å². The zero-order chi connectivity index (χ0) is 16.6. The Balaban J connectivity index is 1.51. The van der Waals surface area contributed by atoms with Crippen molar-refractivity contribution in [3.8, 4) is 10.4 Å². The van der Waals surface area contributed by atoms with Crippen molar-refractivity contribution in [1.29, 1.82) is 0 Å². The Morgan fingerprint density at radius 2 is 1.75 bits per heavy atom. The third-order valence-electron chi connectivity index (χ3n) is 4.27. The zero-order valence-electron chi connectivity index (χ0n) is 13.3. The molecular weight excluding hydrogens is 344 g/mol. The number of anilines is 1. The summed E-state index contributed by atoms with van der Waals surface area (Å²) in [4.78, 5) is 3.27. The van der Waals surface area contributed by atoms with Crippen molar-refractivity contribution in [2.45, 2.75) is 23.1 Å². The van der Waals surface area contributed by atoms with E-state index < -0.39 is 10.0 Å². The predicted octanol–water partition coefficient (Wildman–Crippen LogP) is 2.69. The lowest BCUT2D eigenvalue weighted by atomic mass is 10.1. The summed E-state index contributed by atoms with van der Waals surface area (Å²) in [7, 11) is -3.36. The minimum Gasteiger partial charge on any atom is -0.378 e. The van der Waals surface area contributed by atoms with E-state index in [1.54, 1.807) is 6.07 Å². The van der Waals surface area contributed by atoms with Crippen LogP contribution in [0.1, 0.15) is 12.8 Å². The summed E-state index contributed by atoms with van der Waals surface area (Å²) in [5, 5.41) is 0. The molecule has 0 amide bonds. The molecule has 2 aliphatic rings. The minimum absolute atomic E-state index is 0.133. The first-order valence-electron chi connectivity index (χ1n) is 8.17. The topological polar surface area (TPSA) is 58.6 Å². The van der Waals surface area contributed by atoms with E-state index in [2.05, 4.69) is 33.9 Å². The Hall–Kier alpha value is -1.41. The van der Waals surface area contributed by atoms with E-state index in [9.17, 15) is 8.42 Å². The second kappa shape index (κ2) is 6.48. The third kappa shape index (κ3) is 3.49. The van der Waals surface area contributed by atoms with Crippen molar-refractivity contribution in [2.75, 3.05) is 31.2 Å². The Labute approximate surface area is 146 Å². The van der Waals surface area contributed by atoms with Crippen LogP contribution in [-0.2, 0) is 14.8 Å². The number of rotatable bonds is 5. The first-order valence-corrected chi connectivity index (χ1v) is 10.5. The molecule has 1 saturated carbocycles. The molecule has 1 aliphatic carbocycles. The van der Waals surface area contributed by atoms with Gasteiger partial charge in [0.1, 0.15) is 4.21 Å². The van der Waals surface area contributed by atoms with Crippen molar-refractivity contribution in [3.05, 3.63) is 36.4 Å². The van der Waals surface area contributed by atoms with Crippen LogP contribution in [-0.4, -0.2) is 40.8 Å². The number of morpholine rings is 1. The molecule has 1 saturated heterocycles. The summed E-state index contributed by atoms with van der Waals surface area (Å²) in [6.07, 6.45) is 1.89. The summed E-state index contributed by atoms with van der Waals surface area (Å²) in [5.74, 6) is 0. The van der Waals surface area contributed by atoms with Crippen molar-refractivity contribution < 1.29 is 13.2 Å². The third-order valence-corrected chi connectivity index (χ3v) is 7.42. The number of hydrogen-bond acceptors (Lipinski definition) is 5. The molecule has 7 heteroatoms. The predicted molar refractivity (Wildman–Crippen MR) is 96.1 cm³/mol. The molecule has 2 heterocycles. The lowest BCUT2D eigenvalue weighted by Gasteiger charge is -2.28. The van der Waals surface area contributed by atoms with Gasteiger partial charge in [-0.2, -0.15) is 0 Å². The van der Waals surface area contributed by atoms with Crippen LogP contribution < -0.4 is 9.62 Å². The van der Waals surface area contributed by atoms with Gasteiger partial charge < -0.3 is 9.64 Å². The fourth-order valence-corrected chi connectivity index (χ4v) is 5.39. The molecule has 1 aromatic heterocycles. The monoisotopic (exact) mass is 364 g/mol. The van der Waals surface area contributed by atoms with Gasteiger partial charge in [-0.1, -0.05) is 12.1 Å². The molecule has 0 unspecified atom stereocenters.